The highest BCUT2D eigenvalue weighted by molar-refractivity contribution is 5.99. The van der Waals surface area contributed by atoms with E-state index < -0.39 is 11.9 Å². The lowest BCUT2D eigenvalue weighted by Crippen LogP contribution is -2.25. The third kappa shape index (κ3) is 3.44. The minimum atomic E-state index is -0.951. The Kier molecular flexibility index (Phi) is 4.80. The third-order valence-corrected chi connectivity index (χ3v) is 3.98. The molecule has 2 amide bonds. The minimum absolute atomic E-state index is 0.0296. The number of aliphatic carboxylic acids is 1. The van der Waals surface area contributed by atoms with Crippen LogP contribution in [0.2, 0.25) is 0 Å². The van der Waals surface area contributed by atoms with Gasteiger partial charge in [0, 0.05) is 30.3 Å². The van der Waals surface area contributed by atoms with Gasteiger partial charge in [-0.25, -0.2) is 0 Å². The van der Waals surface area contributed by atoms with Gasteiger partial charge < -0.3 is 15.3 Å². The first-order chi connectivity index (χ1) is 10.4. The molecule has 22 heavy (non-hydrogen) atoms. The topological polar surface area (TPSA) is 86.7 Å². The summed E-state index contributed by atoms with van der Waals surface area (Å²) in [6, 6.07) is 6.87. The Labute approximate surface area is 129 Å². The van der Waals surface area contributed by atoms with Gasteiger partial charge in [0.1, 0.15) is 0 Å². The lowest BCUT2D eigenvalue weighted by Gasteiger charge is -2.17. The molecule has 0 aliphatic carbocycles. The summed E-state index contributed by atoms with van der Waals surface area (Å²) in [6.45, 7) is 4.00. The van der Waals surface area contributed by atoms with Crippen molar-refractivity contribution < 1.29 is 19.5 Å². The monoisotopic (exact) mass is 304 g/mol. The molecule has 1 aliphatic rings. The van der Waals surface area contributed by atoms with Crippen LogP contribution in [0, 0.1) is 11.8 Å². The number of carbonyl (C=O) groups excluding carboxylic acids is 2. The van der Waals surface area contributed by atoms with Crippen LogP contribution in [-0.2, 0) is 14.4 Å². The van der Waals surface area contributed by atoms with E-state index in [1.807, 2.05) is 13.8 Å². The quantitative estimate of drug-likeness (QED) is 0.872. The molecule has 1 saturated heterocycles. The standard InChI is InChI=1S/C16H20N2O4/c1-3-10(2)15(20)17-12-4-6-13(7-5-12)18-9-11(16(21)22)8-14(18)19/h4-7,10-11H,3,8-9H2,1-2H3,(H,17,20)(H,21,22)/t10-,11+/m1/s1. The van der Waals surface area contributed by atoms with Crippen LogP contribution < -0.4 is 10.2 Å². The van der Waals surface area contributed by atoms with E-state index in [0.717, 1.165) is 6.42 Å². The van der Waals surface area contributed by atoms with Crippen LogP contribution in [0.5, 0.6) is 0 Å². The molecule has 2 atom stereocenters. The molecule has 0 radical (unpaired) electrons. The maximum Gasteiger partial charge on any atom is 0.308 e. The van der Waals surface area contributed by atoms with Crippen molar-refractivity contribution in [3.8, 4) is 0 Å². The normalized spacial score (nSPS) is 19.1. The summed E-state index contributed by atoms with van der Waals surface area (Å²) in [5.74, 6) is -1.90. The maximum absolute atomic E-state index is 11.9. The zero-order valence-electron chi connectivity index (χ0n) is 12.7. The molecule has 1 aromatic carbocycles. The fourth-order valence-corrected chi connectivity index (χ4v) is 2.30. The van der Waals surface area contributed by atoms with E-state index in [2.05, 4.69) is 5.32 Å². The van der Waals surface area contributed by atoms with Crippen LogP contribution in [0.25, 0.3) is 0 Å². The average molecular weight is 304 g/mol. The average Bonchev–Trinajstić information content (AvgIpc) is 2.89. The third-order valence-electron chi connectivity index (χ3n) is 3.98. The number of rotatable bonds is 5. The van der Waals surface area contributed by atoms with Gasteiger partial charge in [0.05, 0.1) is 5.92 Å². The van der Waals surface area contributed by atoms with E-state index in [0.29, 0.717) is 11.4 Å². The van der Waals surface area contributed by atoms with Crippen molar-refractivity contribution in [2.24, 2.45) is 11.8 Å². The molecular formula is C16H20N2O4. The van der Waals surface area contributed by atoms with Crippen molar-refractivity contribution >= 4 is 29.2 Å². The molecule has 118 valence electrons. The first-order valence-corrected chi connectivity index (χ1v) is 7.36. The minimum Gasteiger partial charge on any atom is -0.481 e. The predicted octanol–water partition coefficient (Wildman–Crippen LogP) is 2.11. The van der Waals surface area contributed by atoms with Crippen LogP contribution in [0.3, 0.4) is 0 Å². The Morgan fingerprint density at radius 3 is 2.50 bits per heavy atom. The molecule has 1 heterocycles. The van der Waals surface area contributed by atoms with Gasteiger partial charge in [-0.15, -0.1) is 0 Å². The number of anilines is 2. The lowest BCUT2D eigenvalue weighted by atomic mass is 10.1. The number of nitrogens with one attached hydrogen (secondary N) is 1. The molecule has 0 aromatic heterocycles. The summed E-state index contributed by atoms with van der Waals surface area (Å²) in [7, 11) is 0. The summed E-state index contributed by atoms with van der Waals surface area (Å²) in [6.07, 6.45) is 0.796. The molecule has 0 saturated carbocycles. The highest BCUT2D eigenvalue weighted by atomic mass is 16.4. The summed E-state index contributed by atoms with van der Waals surface area (Å²) in [5, 5.41) is 11.8. The van der Waals surface area contributed by atoms with E-state index in [-0.39, 0.29) is 30.7 Å². The molecule has 2 N–H and O–H groups in total. The zero-order chi connectivity index (χ0) is 16.3. The molecule has 1 fully saturated rings. The number of carboxylic acids is 1. The Morgan fingerprint density at radius 2 is 2.00 bits per heavy atom. The predicted molar refractivity (Wildman–Crippen MR) is 82.6 cm³/mol. The van der Waals surface area contributed by atoms with Crippen molar-refractivity contribution in [2.45, 2.75) is 26.7 Å². The van der Waals surface area contributed by atoms with Crippen molar-refractivity contribution in [1.82, 2.24) is 0 Å². The highest BCUT2D eigenvalue weighted by Crippen LogP contribution is 2.26. The van der Waals surface area contributed by atoms with Gasteiger partial charge in [-0.1, -0.05) is 13.8 Å². The van der Waals surface area contributed by atoms with Gasteiger partial charge in [-0.2, -0.15) is 0 Å². The van der Waals surface area contributed by atoms with E-state index in [4.69, 9.17) is 5.11 Å². The Bertz CT molecular complexity index is 582. The molecule has 6 heteroatoms. The zero-order valence-corrected chi connectivity index (χ0v) is 12.7. The number of hydrogen-bond acceptors (Lipinski definition) is 3. The Balaban J connectivity index is 2.05. The SMILES string of the molecule is CC[C@@H](C)C(=O)Nc1ccc(N2C[C@@H](C(=O)O)CC2=O)cc1. The van der Waals surface area contributed by atoms with Crippen LogP contribution in [0.4, 0.5) is 11.4 Å². The van der Waals surface area contributed by atoms with Crippen LogP contribution in [0.1, 0.15) is 26.7 Å². The molecule has 1 aromatic rings. The summed E-state index contributed by atoms with van der Waals surface area (Å²) in [4.78, 5) is 36.1. The van der Waals surface area contributed by atoms with E-state index in [9.17, 15) is 14.4 Å². The van der Waals surface area contributed by atoms with Gasteiger partial charge in [-0.3, -0.25) is 14.4 Å². The van der Waals surface area contributed by atoms with E-state index in [1.165, 1.54) is 4.90 Å². The second-order valence-electron chi connectivity index (χ2n) is 5.59. The number of carboxylic acid groups (broad SMARTS) is 1. The highest BCUT2D eigenvalue weighted by Gasteiger charge is 2.34. The molecule has 2 rings (SSSR count). The Hall–Kier alpha value is -2.37. The fourth-order valence-electron chi connectivity index (χ4n) is 2.30. The summed E-state index contributed by atoms with van der Waals surface area (Å²) >= 11 is 0. The molecule has 0 unspecified atom stereocenters. The van der Waals surface area contributed by atoms with Crippen LogP contribution in [-0.4, -0.2) is 29.4 Å². The van der Waals surface area contributed by atoms with Gasteiger partial charge in [0.2, 0.25) is 11.8 Å². The van der Waals surface area contributed by atoms with Gasteiger partial charge in [0.15, 0.2) is 0 Å². The van der Waals surface area contributed by atoms with Gasteiger partial charge in [-0.05, 0) is 30.7 Å². The molecule has 6 nitrogen and oxygen atoms in total. The number of benzene rings is 1. The number of hydrogen-bond donors (Lipinski definition) is 2. The van der Waals surface area contributed by atoms with E-state index >= 15 is 0 Å². The molecule has 0 spiro atoms. The van der Waals surface area contributed by atoms with Crippen molar-refractivity contribution in [3.63, 3.8) is 0 Å². The smallest absolute Gasteiger partial charge is 0.308 e. The van der Waals surface area contributed by atoms with Crippen molar-refractivity contribution in [1.29, 1.82) is 0 Å². The maximum atomic E-state index is 11.9. The largest absolute Gasteiger partial charge is 0.481 e. The fraction of sp³-hybridized carbons (Fsp3) is 0.438. The second-order valence-corrected chi connectivity index (χ2v) is 5.59. The van der Waals surface area contributed by atoms with Gasteiger partial charge in [0.25, 0.3) is 0 Å². The summed E-state index contributed by atoms with van der Waals surface area (Å²) in [5.41, 5.74) is 1.31. The number of carbonyl (C=O) groups is 3. The Morgan fingerprint density at radius 1 is 1.36 bits per heavy atom. The first kappa shape index (κ1) is 16.0. The molecular weight excluding hydrogens is 284 g/mol. The number of amides is 2. The van der Waals surface area contributed by atoms with E-state index in [1.54, 1.807) is 24.3 Å². The van der Waals surface area contributed by atoms with Crippen LogP contribution in [0.15, 0.2) is 24.3 Å². The van der Waals surface area contributed by atoms with Crippen molar-refractivity contribution in [2.75, 3.05) is 16.8 Å². The lowest BCUT2D eigenvalue weighted by molar-refractivity contribution is -0.141. The van der Waals surface area contributed by atoms with Crippen LogP contribution >= 0.6 is 0 Å². The second kappa shape index (κ2) is 6.60. The first-order valence-electron chi connectivity index (χ1n) is 7.36. The summed E-state index contributed by atoms with van der Waals surface area (Å²) < 4.78 is 0. The molecule has 1 aliphatic heterocycles. The van der Waals surface area contributed by atoms with Crippen molar-refractivity contribution in [3.05, 3.63) is 24.3 Å². The van der Waals surface area contributed by atoms with Gasteiger partial charge >= 0.3 is 5.97 Å². The number of nitrogens with zero attached hydrogens (tertiary/aromatic N) is 1. The molecule has 0 bridgehead atoms.